The molecule has 0 aliphatic carbocycles. The van der Waals surface area contributed by atoms with Gasteiger partial charge in [0.05, 0.1) is 11.4 Å². The molecule has 0 spiro atoms. The van der Waals surface area contributed by atoms with E-state index >= 15 is 0 Å². The van der Waals surface area contributed by atoms with Crippen LogP contribution in [0.3, 0.4) is 0 Å². The summed E-state index contributed by atoms with van der Waals surface area (Å²) in [7, 11) is 0. The second-order valence-electron chi connectivity index (χ2n) is 5.44. The molecule has 2 heterocycles. The summed E-state index contributed by atoms with van der Waals surface area (Å²) in [6, 6.07) is 11.8. The second-order valence-corrected chi connectivity index (χ2v) is 6.24. The van der Waals surface area contributed by atoms with Gasteiger partial charge >= 0.3 is 0 Å². The number of carbonyl (C=O) groups excluding carboxylic acids is 2. The monoisotopic (exact) mass is 374 g/mol. The van der Waals surface area contributed by atoms with Gasteiger partial charge in [0.1, 0.15) is 6.42 Å². The molecule has 0 bridgehead atoms. The molecule has 2 aliphatic heterocycles. The van der Waals surface area contributed by atoms with Gasteiger partial charge in [-0.3, -0.25) is 19.4 Å². The van der Waals surface area contributed by atoms with Crippen molar-refractivity contribution in [2.75, 3.05) is 16.6 Å². The van der Waals surface area contributed by atoms with Gasteiger partial charge in [0.25, 0.3) is 0 Å². The summed E-state index contributed by atoms with van der Waals surface area (Å²) in [5.74, 6) is 0.336. The normalized spacial score (nSPS) is 16.6. The fraction of sp³-hybridized carbons (Fsp3) is 0.118. The van der Waals surface area contributed by atoms with E-state index in [1.165, 1.54) is 9.80 Å². The average molecular weight is 375 g/mol. The Hall–Kier alpha value is -2.64. The van der Waals surface area contributed by atoms with Crippen molar-refractivity contribution in [3.63, 3.8) is 0 Å². The van der Waals surface area contributed by atoms with Crippen LogP contribution in [0.15, 0.2) is 42.5 Å². The van der Waals surface area contributed by atoms with Crippen LogP contribution >= 0.6 is 23.8 Å². The van der Waals surface area contributed by atoms with Crippen molar-refractivity contribution in [2.45, 2.75) is 6.42 Å². The molecule has 8 heteroatoms. The zero-order valence-corrected chi connectivity index (χ0v) is 14.3. The van der Waals surface area contributed by atoms with Crippen molar-refractivity contribution in [1.29, 1.82) is 0 Å². The maximum atomic E-state index is 12.5. The zero-order chi connectivity index (χ0) is 17.6. The molecule has 0 atom stereocenters. The lowest BCUT2D eigenvalue weighted by atomic mass is 10.2. The number of thiocarbonyl (C=S) groups is 1. The molecule has 0 unspecified atom stereocenters. The lowest BCUT2D eigenvalue weighted by Crippen LogP contribution is -2.55. The largest absolute Gasteiger partial charge is 0.454 e. The number of fused-ring (bicyclic) bond motifs is 1. The third-order valence-electron chi connectivity index (χ3n) is 3.86. The summed E-state index contributed by atoms with van der Waals surface area (Å²) in [6.07, 6.45) is -0.291. The van der Waals surface area contributed by atoms with E-state index in [1.807, 2.05) is 0 Å². The van der Waals surface area contributed by atoms with Crippen molar-refractivity contribution in [3.8, 4) is 11.5 Å². The lowest BCUT2D eigenvalue weighted by Gasteiger charge is -2.35. The van der Waals surface area contributed by atoms with Gasteiger partial charge in [-0.05, 0) is 42.5 Å². The molecule has 0 saturated carbocycles. The average Bonchev–Trinajstić information content (AvgIpc) is 3.02. The van der Waals surface area contributed by atoms with Crippen LogP contribution < -0.4 is 19.3 Å². The standard InChI is InChI=1S/C17H11ClN2O4S/c18-10-2-1-3-11(6-10)19-15(21)8-16(22)20(17(19)25)12-4-5-13-14(7-12)24-9-23-13/h1-7H,8-9H2. The Morgan fingerprint density at radius 1 is 0.920 bits per heavy atom. The van der Waals surface area contributed by atoms with Crippen LogP contribution in [0.1, 0.15) is 6.42 Å². The number of hydrogen-bond acceptors (Lipinski definition) is 5. The molecule has 1 fully saturated rings. The minimum absolute atomic E-state index is 0.0716. The van der Waals surface area contributed by atoms with Crippen LogP contribution in [0.2, 0.25) is 5.02 Å². The number of nitrogens with zero attached hydrogens (tertiary/aromatic N) is 2. The van der Waals surface area contributed by atoms with Gasteiger partial charge in [0, 0.05) is 11.1 Å². The van der Waals surface area contributed by atoms with E-state index in [2.05, 4.69) is 0 Å². The first-order valence-electron chi connectivity index (χ1n) is 7.40. The highest BCUT2D eigenvalue weighted by Crippen LogP contribution is 2.37. The van der Waals surface area contributed by atoms with E-state index < -0.39 is 11.8 Å². The third kappa shape index (κ3) is 2.71. The van der Waals surface area contributed by atoms with Crippen LogP contribution in [0.4, 0.5) is 11.4 Å². The smallest absolute Gasteiger partial charge is 0.242 e. The Morgan fingerprint density at radius 2 is 1.60 bits per heavy atom. The number of amides is 2. The Morgan fingerprint density at radius 3 is 2.32 bits per heavy atom. The predicted molar refractivity (Wildman–Crippen MR) is 96.2 cm³/mol. The summed E-state index contributed by atoms with van der Waals surface area (Å²) in [5.41, 5.74) is 1.03. The summed E-state index contributed by atoms with van der Waals surface area (Å²) in [5, 5.41) is 0.544. The lowest BCUT2D eigenvalue weighted by molar-refractivity contribution is -0.126. The highest BCUT2D eigenvalue weighted by Gasteiger charge is 2.37. The van der Waals surface area contributed by atoms with Crippen LogP contribution in [0.25, 0.3) is 0 Å². The molecule has 6 nitrogen and oxygen atoms in total. The second kappa shape index (κ2) is 6.02. The van der Waals surface area contributed by atoms with E-state index in [0.29, 0.717) is 27.9 Å². The van der Waals surface area contributed by atoms with Crippen molar-refractivity contribution < 1.29 is 19.1 Å². The van der Waals surface area contributed by atoms with Gasteiger partial charge in [-0.1, -0.05) is 17.7 Å². The predicted octanol–water partition coefficient (Wildman–Crippen LogP) is 3.12. The molecule has 25 heavy (non-hydrogen) atoms. The minimum Gasteiger partial charge on any atom is -0.454 e. The van der Waals surface area contributed by atoms with Gasteiger partial charge in [-0.15, -0.1) is 0 Å². The first kappa shape index (κ1) is 15.9. The first-order valence-corrected chi connectivity index (χ1v) is 8.18. The van der Waals surface area contributed by atoms with Crippen LogP contribution in [-0.2, 0) is 9.59 Å². The topological polar surface area (TPSA) is 59.1 Å². The van der Waals surface area contributed by atoms with Crippen LogP contribution in [0.5, 0.6) is 11.5 Å². The SMILES string of the molecule is O=C1CC(=O)N(c2ccc3c(c2)OCO3)C(=S)N1c1cccc(Cl)c1. The van der Waals surface area contributed by atoms with Gasteiger partial charge in [-0.25, -0.2) is 0 Å². The highest BCUT2D eigenvalue weighted by molar-refractivity contribution is 7.81. The molecule has 2 aromatic rings. The van der Waals surface area contributed by atoms with Gasteiger partial charge in [0.2, 0.25) is 18.6 Å². The molecule has 0 aromatic heterocycles. The van der Waals surface area contributed by atoms with Crippen molar-refractivity contribution >= 4 is 52.1 Å². The fourth-order valence-corrected chi connectivity index (χ4v) is 3.35. The molecular formula is C17H11ClN2O4S. The number of benzene rings is 2. The number of rotatable bonds is 2. The van der Waals surface area contributed by atoms with E-state index in [0.717, 1.165) is 0 Å². The fourth-order valence-electron chi connectivity index (χ4n) is 2.75. The summed E-state index contributed by atoms with van der Waals surface area (Å²) >= 11 is 11.4. The maximum Gasteiger partial charge on any atom is 0.242 e. The number of halogens is 1. The molecule has 0 N–H and O–H groups in total. The van der Waals surface area contributed by atoms with E-state index in [-0.39, 0.29) is 18.3 Å². The quantitative estimate of drug-likeness (QED) is 0.597. The molecule has 126 valence electrons. The molecule has 2 amide bonds. The minimum atomic E-state index is -0.396. The van der Waals surface area contributed by atoms with Gasteiger partial charge in [-0.2, -0.15) is 0 Å². The van der Waals surface area contributed by atoms with Crippen LogP contribution in [0, 0.1) is 0 Å². The van der Waals surface area contributed by atoms with E-state index in [9.17, 15) is 9.59 Å². The van der Waals surface area contributed by atoms with Crippen LogP contribution in [-0.4, -0.2) is 23.7 Å². The summed E-state index contributed by atoms with van der Waals surface area (Å²) < 4.78 is 10.6. The maximum absolute atomic E-state index is 12.5. The molecule has 4 rings (SSSR count). The molecule has 1 saturated heterocycles. The van der Waals surface area contributed by atoms with Gasteiger partial charge in [0.15, 0.2) is 16.6 Å². The molecule has 2 aliphatic rings. The number of hydrogen-bond donors (Lipinski definition) is 0. The zero-order valence-electron chi connectivity index (χ0n) is 12.8. The Kier molecular flexibility index (Phi) is 3.82. The molecular weight excluding hydrogens is 364 g/mol. The molecule has 0 radical (unpaired) electrons. The Labute approximate surface area is 153 Å². The Bertz CT molecular complexity index is 917. The Balaban J connectivity index is 1.74. The number of ether oxygens (including phenoxy) is 2. The third-order valence-corrected chi connectivity index (χ3v) is 4.46. The summed E-state index contributed by atoms with van der Waals surface area (Å²) in [6.45, 7) is 0.129. The highest BCUT2D eigenvalue weighted by atomic mass is 35.5. The van der Waals surface area contributed by atoms with Crippen molar-refractivity contribution in [1.82, 2.24) is 0 Å². The first-order chi connectivity index (χ1) is 12.0. The number of anilines is 2. The summed E-state index contributed by atoms with van der Waals surface area (Å²) in [4.78, 5) is 27.5. The van der Waals surface area contributed by atoms with Crippen molar-refractivity contribution in [2.24, 2.45) is 0 Å². The number of carbonyl (C=O) groups is 2. The van der Waals surface area contributed by atoms with Crippen molar-refractivity contribution in [3.05, 3.63) is 47.5 Å². The van der Waals surface area contributed by atoms with Gasteiger partial charge < -0.3 is 9.47 Å². The van der Waals surface area contributed by atoms with E-state index in [4.69, 9.17) is 33.3 Å². The van der Waals surface area contributed by atoms with E-state index in [1.54, 1.807) is 42.5 Å². The molecule has 2 aromatic carbocycles.